The Bertz CT molecular complexity index is 936. The first-order valence-electron chi connectivity index (χ1n) is 9.14. The monoisotopic (exact) mass is 380 g/mol. The highest BCUT2D eigenvalue weighted by Gasteiger charge is 2.49. The summed E-state index contributed by atoms with van der Waals surface area (Å²) in [5.41, 5.74) is 3.51. The smallest absolute Gasteiger partial charge is 0.326 e. The van der Waals surface area contributed by atoms with Crippen LogP contribution < -0.4 is 5.32 Å². The van der Waals surface area contributed by atoms with Gasteiger partial charge in [0.25, 0.3) is 5.91 Å². The highest BCUT2D eigenvalue weighted by molar-refractivity contribution is 6.08. The Kier molecular flexibility index (Phi) is 5.23. The first-order valence-corrected chi connectivity index (χ1v) is 9.14. The van der Waals surface area contributed by atoms with Crippen LogP contribution in [0, 0.1) is 20.8 Å². The average molecular weight is 380 g/mol. The molecule has 1 saturated heterocycles. The Morgan fingerprint density at radius 1 is 1.04 bits per heavy atom. The van der Waals surface area contributed by atoms with Gasteiger partial charge in [0, 0.05) is 0 Å². The number of imide groups is 1. The number of esters is 1. The van der Waals surface area contributed by atoms with Crippen LogP contribution >= 0.6 is 0 Å². The van der Waals surface area contributed by atoms with E-state index in [9.17, 15) is 14.4 Å². The molecule has 0 unspecified atom stereocenters. The standard InChI is InChI=1S/C22H24N2O4/c1-14-6-9-18(10-7-14)22(4)20(26)24(21(27)23-22)12-19(25)28-13-17-11-15(2)5-8-16(17)3/h5-11H,12-13H2,1-4H3,(H,23,27)/t22-/m0/s1. The van der Waals surface area contributed by atoms with E-state index in [2.05, 4.69) is 5.32 Å². The second-order valence-corrected chi connectivity index (χ2v) is 7.40. The largest absolute Gasteiger partial charge is 0.459 e. The van der Waals surface area contributed by atoms with Crippen molar-refractivity contribution in [3.63, 3.8) is 0 Å². The third-order valence-corrected chi connectivity index (χ3v) is 5.08. The van der Waals surface area contributed by atoms with Gasteiger partial charge >= 0.3 is 12.0 Å². The van der Waals surface area contributed by atoms with Gasteiger partial charge in [-0.05, 0) is 44.4 Å². The maximum absolute atomic E-state index is 12.9. The molecule has 1 fully saturated rings. The molecule has 6 heteroatoms. The molecule has 3 amide bonds. The zero-order valence-electron chi connectivity index (χ0n) is 16.5. The third-order valence-electron chi connectivity index (χ3n) is 5.08. The predicted octanol–water partition coefficient (Wildman–Crippen LogP) is 3.12. The first kappa shape index (κ1) is 19.6. The molecule has 1 aliphatic rings. The minimum absolute atomic E-state index is 0.102. The van der Waals surface area contributed by atoms with Gasteiger partial charge in [-0.2, -0.15) is 0 Å². The maximum atomic E-state index is 12.9. The molecule has 1 atom stereocenters. The summed E-state index contributed by atoms with van der Waals surface area (Å²) in [7, 11) is 0. The molecule has 1 N–H and O–H groups in total. The molecule has 0 saturated carbocycles. The minimum atomic E-state index is -1.20. The van der Waals surface area contributed by atoms with Crippen LogP contribution in [0.4, 0.5) is 4.79 Å². The van der Waals surface area contributed by atoms with E-state index < -0.39 is 30.0 Å². The number of carbonyl (C=O) groups excluding carboxylic acids is 3. The van der Waals surface area contributed by atoms with Gasteiger partial charge in [-0.1, -0.05) is 53.6 Å². The number of amides is 3. The number of nitrogens with one attached hydrogen (secondary N) is 1. The first-order chi connectivity index (χ1) is 13.2. The summed E-state index contributed by atoms with van der Waals surface area (Å²) in [4.78, 5) is 38.4. The van der Waals surface area contributed by atoms with Gasteiger partial charge in [-0.3, -0.25) is 14.5 Å². The second kappa shape index (κ2) is 7.46. The van der Waals surface area contributed by atoms with Crippen molar-refractivity contribution in [2.45, 2.75) is 39.8 Å². The Morgan fingerprint density at radius 2 is 1.68 bits per heavy atom. The van der Waals surface area contributed by atoms with Crippen LogP contribution in [0.5, 0.6) is 0 Å². The molecule has 28 heavy (non-hydrogen) atoms. The average Bonchev–Trinajstić information content (AvgIpc) is 2.87. The summed E-state index contributed by atoms with van der Waals surface area (Å²) in [6, 6.07) is 12.7. The van der Waals surface area contributed by atoms with Crippen LogP contribution in [0.2, 0.25) is 0 Å². The normalized spacial score (nSPS) is 18.9. The van der Waals surface area contributed by atoms with Crippen LogP contribution in [-0.2, 0) is 26.5 Å². The number of urea groups is 1. The molecule has 1 aliphatic heterocycles. The summed E-state index contributed by atoms with van der Waals surface area (Å²) in [5.74, 6) is -1.09. The lowest BCUT2D eigenvalue weighted by molar-refractivity contribution is -0.148. The summed E-state index contributed by atoms with van der Waals surface area (Å²) >= 11 is 0. The molecule has 0 spiro atoms. The number of ether oxygens (including phenoxy) is 1. The van der Waals surface area contributed by atoms with Crippen molar-refractivity contribution in [2.24, 2.45) is 0 Å². The van der Waals surface area contributed by atoms with E-state index in [0.29, 0.717) is 5.56 Å². The van der Waals surface area contributed by atoms with E-state index in [1.165, 1.54) is 0 Å². The maximum Gasteiger partial charge on any atom is 0.326 e. The molecule has 0 aliphatic carbocycles. The van der Waals surface area contributed by atoms with E-state index in [1.54, 1.807) is 19.1 Å². The van der Waals surface area contributed by atoms with Crippen molar-refractivity contribution < 1.29 is 19.1 Å². The number of hydrogen-bond acceptors (Lipinski definition) is 4. The molecular weight excluding hydrogens is 356 g/mol. The van der Waals surface area contributed by atoms with Gasteiger partial charge in [0.05, 0.1) is 0 Å². The zero-order valence-corrected chi connectivity index (χ0v) is 16.5. The van der Waals surface area contributed by atoms with Gasteiger partial charge in [0.2, 0.25) is 0 Å². The van der Waals surface area contributed by atoms with E-state index in [1.807, 2.05) is 51.1 Å². The van der Waals surface area contributed by atoms with Crippen LogP contribution in [0.15, 0.2) is 42.5 Å². The molecule has 6 nitrogen and oxygen atoms in total. The lowest BCUT2D eigenvalue weighted by Gasteiger charge is -2.22. The van der Waals surface area contributed by atoms with Crippen molar-refractivity contribution in [1.29, 1.82) is 0 Å². The molecule has 2 aromatic rings. The number of nitrogens with zero attached hydrogens (tertiary/aromatic N) is 1. The number of carbonyl (C=O) groups is 3. The van der Waals surface area contributed by atoms with Crippen molar-refractivity contribution >= 4 is 17.9 Å². The van der Waals surface area contributed by atoms with Crippen LogP contribution in [-0.4, -0.2) is 29.4 Å². The fourth-order valence-corrected chi connectivity index (χ4v) is 3.21. The fourth-order valence-electron chi connectivity index (χ4n) is 3.21. The number of rotatable bonds is 5. The van der Waals surface area contributed by atoms with Gasteiger partial charge < -0.3 is 10.1 Å². The van der Waals surface area contributed by atoms with Gasteiger partial charge in [-0.15, -0.1) is 0 Å². The van der Waals surface area contributed by atoms with Crippen LogP contribution in [0.25, 0.3) is 0 Å². The fraction of sp³-hybridized carbons (Fsp3) is 0.318. The van der Waals surface area contributed by atoms with Crippen molar-refractivity contribution in [2.75, 3.05) is 6.54 Å². The molecule has 146 valence electrons. The van der Waals surface area contributed by atoms with Crippen molar-refractivity contribution in [3.05, 3.63) is 70.3 Å². The third kappa shape index (κ3) is 3.76. The van der Waals surface area contributed by atoms with E-state index >= 15 is 0 Å². The van der Waals surface area contributed by atoms with Gasteiger partial charge in [0.15, 0.2) is 0 Å². The second-order valence-electron chi connectivity index (χ2n) is 7.40. The SMILES string of the molecule is Cc1ccc([C@]2(C)NC(=O)N(CC(=O)OCc3cc(C)ccc3C)C2=O)cc1. The molecule has 0 aromatic heterocycles. The summed E-state index contributed by atoms with van der Waals surface area (Å²) < 4.78 is 5.30. The highest BCUT2D eigenvalue weighted by Crippen LogP contribution is 2.29. The Labute approximate surface area is 164 Å². The van der Waals surface area contributed by atoms with Crippen molar-refractivity contribution in [1.82, 2.24) is 10.2 Å². The minimum Gasteiger partial charge on any atom is -0.459 e. The Morgan fingerprint density at radius 3 is 2.36 bits per heavy atom. The van der Waals surface area contributed by atoms with E-state index in [0.717, 1.165) is 27.2 Å². The van der Waals surface area contributed by atoms with E-state index in [4.69, 9.17) is 4.74 Å². The lowest BCUT2D eigenvalue weighted by atomic mass is 9.91. The quantitative estimate of drug-likeness (QED) is 0.639. The zero-order chi connectivity index (χ0) is 20.5. The van der Waals surface area contributed by atoms with Crippen LogP contribution in [0.3, 0.4) is 0 Å². The van der Waals surface area contributed by atoms with Gasteiger partial charge in [0.1, 0.15) is 18.7 Å². The number of benzene rings is 2. The molecule has 1 heterocycles. The summed E-state index contributed by atoms with van der Waals surface area (Å²) in [6.07, 6.45) is 0. The van der Waals surface area contributed by atoms with E-state index in [-0.39, 0.29) is 6.61 Å². The van der Waals surface area contributed by atoms with Gasteiger partial charge in [-0.25, -0.2) is 4.79 Å². The van der Waals surface area contributed by atoms with Crippen LogP contribution in [0.1, 0.15) is 34.7 Å². The predicted molar refractivity (Wildman–Crippen MR) is 104 cm³/mol. The lowest BCUT2D eigenvalue weighted by Crippen LogP contribution is -2.41. The van der Waals surface area contributed by atoms with Crippen molar-refractivity contribution in [3.8, 4) is 0 Å². The summed E-state index contributed by atoms with van der Waals surface area (Å²) in [5, 5.41) is 2.69. The Hall–Kier alpha value is -3.15. The number of aryl methyl sites for hydroxylation is 3. The molecule has 0 radical (unpaired) electrons. The summed E-state index contributed by atoms with van der Waals surface area (Å²) in [6.45, 7) is 7.16. The topological polar surface area (TPSA) is 75.7 Å². The molecule has 3 rings (SSSR count). The molecule has 0 bridgehead atoms. The Balaban J connectivity index is 1.67. The highest BCUT2D eigenvalue weighted by atomic mass is 16.5. The molecule has 2 aromatic carbocycles. The molecular formula is C22H24N2O4. The number of hydrogen-bond donors (Lipinski definition) is 1.